The van der Waals surface area contributed by atoms with Gasteiger partial charge in [0.05, 0.1) is 31.9 Å². The lowest BCUT2D eigenvalue weighted by Gasteiger charge is -2.17. The molecule has 0 aromatic heterocycles. The first kappa shape index (κ1) is 25.4. The molecule has 0 radical (unpaired) electrons. The highest BCUT2D eigenvalue weighted by Gasteiger charge is 2.19. The molecule has 0 saturated carbocycles. The van der Waals surface area contributed by atoms with Crippen LogP contribution in [0.1, 0.15) is 41.5 Å². The average Bonchev–Trinajstić information content (AvgIpc) is 2.78. The zero-order valence-corrected chi connectivity index (χ0v) is 18.4. The zero-order valence-electron chi connectivity index (χ0n) is 18.4. The van der Waals surface area contributed by atoms with E-state index in [0.29, 0.717) is 43.1 Å². The van der Waals surface area contributed by atoms with Crippen LogP contribution in [0, 0.1) is 11.6 Å². The molecule has 0 saturated heterocycles. The number of halogens is 2. The van der Waals surface area contributed by atoms with Crippen LogP contribution in [-0.2, 0) is 4.79 Å². The monoisotopic (exact) mass is 465 g/mol. The molecular formula is C22H25F2N3O6. The Bertz CT molecular complexity index is 989. The van der Waals surface area contributed by atoms with E-state index in [1.54, 1.807) is 20.8 Å². The second kappa shape index (κ2) is 12.2. The van der Waals surface area contributed by atoms with Crippen LogP contribution in [0.5, 0.6) is 17.2 Å². The summed E-state index contributed by atoms with van der Waals surface area (Å²) in [6.07, 6.45) is 0. The van der Waals surface area contributed by atoms with E-state index in [4.69, 9.17) is 14.2 Å². The maximum Gasteiger partial charge on any atom is 0.269 e. The lowest BCUT2D eigenvalue weighted by atomic mass is 10.1. The Morgan fingerprint density at radius 1 is 0.818 bits per heavy atom. The quantitative estimate of drug-likeness (QED) is 0.464. The van der Waals surface area contributed by atoms with Crippen LogP contribution in [0.3, 0.4) is 0 Å². The van der Waals surface area contributed by atoms with Crippen molar-refractivity contribution in [3.8, 4) is 17.2 Å². The van der Waals surface area contributed by atoms with Crippen molar-refractivity contribution in [3.05, 3.63) is 53.1 Å². The van der Waals surface area contributed by atoms with Crippen LogP contribution in [0.4, 0.5) is 8.78 Å². The predicted octanol–water partition coefficient (Wildman–Crippen LogP) is 2.35. The van der Waals surface area contributed by atoms with Gasteiger partial charge in [-0.3, -0.25) is 25.2 Å². The highest BCUT2D eigenvalue weighted by Crippen LogP contribution is 2.39. The van der Waals surface area contributed by atoms with Gasteiger partial charge in [0, 0.05) is 11.6 Å². The Hall–Kier alpha value is -3.89. The first-order valence-corrected chi connectivity index (χ1v) is 10.2. The maximum atomic E-state index is 13.6. The van der Waals surface area contributed by atoms with Crippen molar-refractivity contribution in [1.29, 1.82) is 0 Å². The van der Waals surface area contributed by atoms with Crippen LogP contribution in [0.15, 0.2) is 30.3 Å². The fourth-order valence-corrected chi connectivity index (χ4v) is 2.69. The second-order valence-corrected chi connectivity index (χ2v) is 6.41. The molecule has 9 nitrogen and oxygen atoms in total. The first-order valence-electron chi connectivity index (χ1n) is 10.2. The Morgan fingerprint density at radius 3 is 1.97 bits per heavy atom. The van der Waals surface area contributed by atoms with Gasteiger partial charge in [0.2, 0.25) is 5.75 Å². The molecule has 2 rings (SSSR count). The van der Waals surface area contributed by atoms with E-state index in [-0.39, 0.29) is 5.56 Å². The van der Waals surface area contributed by atoms with Gasteiger partial charge in [-0.15, -0.1) is 0 Å². The molecule has 0 heterocycles. The largest absolute Gasteiger partial charge is 0.490 e. The minimum Gasteiger partial charge on any atom is -0.490 e. The van der Waals surface area contributed by atoms with Crippen LogP contribution in [0.25, 0.3) is 0 Å². The van der Waals surface area contributed by atoms with Crippen molar-refractivity contribution >= 4 is 17.7 Å². The number of hydrazine groups is 1. The number of carbonyl (C=O) groups is 3. The maximum absolute atomic E-state index is 13.6. The van der Waals surface area contributed by atoms with Gasteiger partial charge < -0.3 is 19.5 Å². The summed E-state index contributed by atoms with van der Waals surface area (Å²) >= 11 is 0. The van der Waals surface area contributed by atoms with Crippen molar-refractivity contribution in [3.63, 3.8) is 0 Å². The highest BCUT2D eigenvalue weighted by molar-refractivity contribution is 5.98. The summed E-state index contributed by atoms with van der Waals surface area (Å²) in [5, 5.41) is 2.17. The summed E-state index contributed by atoms with van der Waals surface area (Å²) in [5.41, 5.74) is 4.05. The Morgan fingerprint density at radius 2 is 1.42 bits per heavy atom. The van der Waals surface area contributed by atoms with Gasteiger partial charge in [0.1, 0.15) is 11.6 Å². The van der Waals surface area contributed by atoms with E-state index in [9.17, 15) is 23.2 Å². The summed E-state index contributed by atoms with van der Waals surface area (Å²) in [6, 6.07) is 5.31. The third-order valence-corrected chi connectivity index (χ3v) is 4.07. The molecular weight excluding hydrogens is 440 g/mol. The molecule has 0 aliphatic heterocycles. The Labute approximate surface area is 189 Å². The van der Waals surface area contributed by atoms with Crippen LogP contribution < -0.4 is 30.4 Å². The number of rotatable bonds is 10. The molecule has 0 unspecified atom stereocenters. The van der Waals surface area contributed by atoms with Crippen LogP contribution >= 0.6 is 0 Å². The third-order valence-electron chi connectivity index (χ3n) is 4.07. The fourth-order valence-electron chi connectivity index (χ4n) is 2.69. The molecule has 0 aliphatic rings. The molecule has 2 aromatic rings. The van der Waals surface area contributed by atoms with Crippen LogP contribution in [-0.4, -0.2) is 44.1 Å². The van der Waals surface area contributed by atoms with Crippen molar-refractivity contribution in [2.75, 3.05) is 26.4 Å². The third kappa shape index (κ3) is 7.06. The van der Waals surface area contributed by atoms with E-state index in [1.807, 2.05) is 0 Å². The summed E-state index contributed by atoms with van der Waals surface area (Å²) in [4.78, 5) is 36.4. The molecule has 3 N–H and O–H groups in total. The minimum atomic E-state index is -1.06. The Kier molecular flexibility index (Phi) is 9.40. The molecule has 0 aliphatic carbocycles. The molecule has 11 heteroatoms. The van der Waals surface area contributed by atoms with E-state index < -0.39 is 41.5 Å². The SMILES string of the molecule is CCOc1cc(C(=O)NNC(=O)CNC(=O)c2ccc(F)cc2F)cc(OCC)c1OCC. The van der Waals surface area contributed by atoms with Crippen molar-refractivity contribution in [2.45, 2.75) is 20.8 Å². The summed E-state index contributed by atoms with van der Waals surface area (Å²) < 4.78 is 43.2. The van der Waals surface area contributed by atoms with Gasteiger partial charge in [0.25, 0.3) is 17.7 Å². The lowest BCUT2D eigenvalue weighted by molar-refractivity contribution is -0.120. The van der Waals surface area contributed by atoms with E-state index >= 15 is 0 Å². The number of hydrogen-bond acceptors (Lipinski definition) is 6. The fraction of sp³-hybridized carbons (Fsp3) is 0.318. The van der Waals surface area contributed by atoms with Gasteiger partial charge in [-0.2, -0.15) is 0 Å². The standard InChI is InChI=1S/C22H25F2N3O6/c1-4-31-17-9-13(10-18(32-5-2)20(17)33-6-3)21(29)27-26-19(28)12-25-22(30)15-8-7-14(23)11-16(15)24/h7-11H,4-6,12H2,1-3H3,(H,25,30)(H,26,28)(H,27,29). The summed E-state index contributed by atoms with van der Waals surface area (Å²) in [7, 11) is 0. The lowest BCUT2D eigenvalue weighted by Crippen LogP contribution is -2.46. The van der Waals surface area contributed by atoms with Crippen molar-refractivity contribution < 1.29 is 37.4 Å². The van der Waals surface area contributed by atoms with Gasteiger partial charge in [-0.25, -0.2) is 8.78 Å². The molecule has 0 bridgehead atoms. The second-order valence-electron chi connectivity index (χ2n) is 6.41. The smallest absolute Gasteiger partial charge is 0.269 e. The normalized spacial score (nSPS) is 10.2. The average molecular weight is 465 g/mol. The van der Waals surface area contributed by atoms with E-state index in [2.05, 4.69) is 16.2 Å². The van der Waals surface area contributed by atoms with E-state index in [0.717, 1.165) is 12.1 Å². The van der Waals surface area contributed by atoms with Gasteiger partial charge in [-0.05, 0) is 45.0 Å². The number of benzene rings is 2. The van der Waals surface area contributed by atoms with Crippen molar-refractivity contribution in [1.82, 2.24) is 16.2 Å². The molecule has 0 spiro atoms. The summed E-state index contributed by atoms with van der Waals surface area (Å²) in [5.74, 6) is -3.30. The predicted molar refractivity (Wildman–Crippen MR) is 114 cm³/mol. The molecule has 0 fully saturated rings. The summed E-state index contributed by atoms with van der Waals surface area (Å²) in [6.45, 7) is 5.78. The Balaban J connectivity index is 2.01. The number of amides is 3. The van der Waals surface area contributed by atoms with Crippen LogP contribution in [0.2, 0.25) is 0 Å². The van der Waals surface area contributed by atoms with E-state index in [1.165, 1.54) is 12.1 Å². The molecule has 178 valence electrons. The van der Waals surface area contributed by atoms with Crippen molar-refractivity contribution in [2.24, 2.45) is 0 Å². The molecule has 2 aromatic carbocycles. The van der Waals surface area contributed by atoms with Gasteiger partial charge in [0.15, 0.2) is 11.5 Å². The van der Waals surface area contributed by atoms with Gasteiger partial charge in [-0.1, -0.05) is 0 Å². The topological polar surface area (TPSA) is 115 Å². The molecule has 3 amide bonds. The number of hydrogen-bond donors (Lipinski definition) is 3. The highest BCUT2D eigenvalue weighted by atomic mass is 19.1. The zero-order chi connectivity index (χ0) is 24.4. The number of carbonyl (C=O) groups excluding carboxylic acids is 3. The molecule has 0 atom stereocenters. The number of nitrogens with one attached hydrogen (secondary N) is 3. The molecule has 33 heavy (non-hydrogen) atoms. The number of ether oxygens (including phenoxy) is 3. The minimum absolute atomic E-state index is 0.128. The van der Waals surface area contributed by atoms with Gasteiger partial charge >= 0.3 is 0 Å². The first-order chi connectivity index (χ1) is 15.8.